The standard InChI is InChI=1S/C23H30N6O2/c1-15-14-28(10-11-29(15)20(30)8-12-31-4)23-18(13-24)16(2)21(19-7-9-25-27(19)3)22(26-23)17-5-6-17/h7,9,15,17H,5-6,8,10-12,14H2,1-4H3. The predicted octanol–water partition coefficient (Wildman–Crippen LogP) is 2.61. The number of hydrogen-bond acceptors (Lipinski definition) is 6. The monoisotopic (exact) mass is 422 g/mol. The van der Waals surface area contributed by atoms with Crippen LogP contribution in [0.4, 0.5) is 5.82 Å². The molecule has 2 aromatic heterocycles. The molecule has 1 aliphatic heterocycles. The number of methoxy groups -OCH3 is 1. The molecule has 31 heavy (non-hydrogen) atoms. The lowest BCUT2D eigenvalue weighted by atomic mass is 9.96. The molecule has 4 rings (SSSR count). The van der Waals surface area contributed by atoms with Crippen LogP contribution in [0.2, 0.25) is 0 Å². The summed E-state index contributed by atoms with van der Waals surface area (Å²) in [7, 11) is 3.53. The molecule has 3 heterocycles. The van der Waals surface area contributed by atoms with Gasteiger partial charge in [0.15, 0.2) is 0 Å². The number of carbonyl (C=O) groups is 1. The molecule has 1 saturated carbocycles. The maximum atomic E-state index is 12.5. The smallest absolute Gasteiger partial charge is 0.225 e. The molecule has 2 aliphatic rings. The summed E-state index contributed by atoms with van der Waals surface area (Å²) >= 11 is 0. The van der Waals surface area contributed by atoms with Crippen LogP contribution in [0.25, 0.3) is 11.3 Å². The Morgan fingerprint density at radius 1 is 1.35 bits per heavy atom. The summed E-state index contributed by atoms with van der Waals surface area (Å²) in [6.07, 6.45) is 4.43. The number of pyridine rings is 1. The van der Waals surface area contributed by atoms with Gasteiger partial charge in [0.1, 0.15) is 11.9 Å². The summed E-state index contributed by atoms with van der Waals surface area (Å²) in [4.78, 5) is 21.7. The highest BCUT2D eigenvalue weighted by molar-refractivity contribution is 5.78. The third-order valence-electron chi connectivity index (χ3n) is 6.38. The molecule has 1 saturated heterocycles. The maximum Gasteiger partial charge on any atom is 0.225 e. The Morgan fingerprint density at radius 2 is 2.13 bits per heavy atom. The van der Waals surface area contributed by atoms with Crippen LogP contribution in [-0.4, -0.2) is 65.0 Å². The third kappa shape index (κ3) is 4.02. The first-order valence-electron chi connectivity index (χ1n) is 10.9. The highest BCUT2D eigenvalue weighted by Crippen LogP contribution is 2.46. The highest BCUT2D eigenvalue weighted by atomic mass is 16.5. The number of nitriles is 1. The van der Waals surface area contributed by atoms with Crippen LogP contribution in [0.15, 0.2) is 12.3 Å². The van der Waals surface area contributed by atoms with Gasteiger partial charge in [-0.1, -0.05) is 0 Å². The van der Waals surface area contributed by atoms with Crippen molar-refractivity contribution in [1.29, 1.82) is 5.26 Å². The second-order valence-corrected chi connectivity index (χ2v) is 8.55. The Bertz CT molecular complexity index is 1020. The molecule has 0 N–H and O–H groups in total. The average Bonchev–Trinajstić information content (AvgIpc) is 3.52. The van der Waals surface area contributed by atoms with Gasteiger partial charge in [0.25, 0.3) is 0 Å². The number of aromatic nitrogens is 3. The molecule has 1 amide bonds. The number of rotatable bonds is 6. The van der Waals surface area contributed by atoms with Gasteiger partial charge < -0.3 is 14.5 Å². The fraction of sp³-hybridized carbons (Fsp3) is 0.565. The fourth-order valence-corrected chi connectivity index (χ4v) is 4.52. The predicted molar refractivity (Wildman–Crippen MR) is 118 cm³/mol. The lowest BCUT2D eigenvalue weighted by Crippen LogP contribution is -2.54. The first-order chi connectivity index (χ1) is 15.0. The number of amides is 1. The minimum Gasteiger partial charge on any atom is -0.384 e. The Balaban J connectivity index is 1.68. The summed E-state index contributed by atoms with van der Waals surface area (Å²) in [6, 6.07) is 4.45. The largest absolute Gasteiger partial charge is 0.384 e. The molecule has 0 bridgehead atoms. The van der Waals surface area contributed by atoms with Crippen LogP contribution in [0.1, 0.15) is 48.9 Å². The molecule has 8 nitrogen and oxygen atoms in total. The van der Waals surface area contributed by atoms with E-state index in [4.69, 9.17) is 9.72 Å². The molecule has 0 aromatic carbocycles. The molecule has 0 radical (unpaired) electrons. The van der Waals surface area contributed by atoms with Crippen molar-refractivity contribution in [3.63, 3.8) is 0 Å². The summed E-state index contributed by atoms with van der Waals surface area (Å²) in [5, 5.41) is 14.4. The zero-order valence-electron chi connectivity index (χ0n) is 18.8. The van der Waals surface area contributed by atoms with E-state index in [0.717, 1.165) is 41.2 Å². The van der Waals surface area contributed by atoms with Crippen LogP contribution >= 0.6 is 0 Å². The van der Waals surface area contributed by atoms with Gasteiger partial charge in [-0.3, -0.25) is 9.48 Å². The number of ether oxygens (including phenoxy) is 1. The minimum absolute atomic E-state index is 0.0490. The van der Waals surface area contributed by atoms with E-state index in [-0.39, 0.29) is 11.9 Å². The van der Waals surface area contributed by atoms with Crippen LogP contribution in [0.3, 0.4) is 0 Å². The van der Waals surface area contributed by atoms with Gasteiger partial charge in [-0.2, -0.15) is 10.4 Å². The number of hydrogen-bond donors (Lipinski definition) is 0. The van der Waals surface area contributed by atoms with Crippen molar-refractivity contribution in [2.75, 3.05) is 38.3 Å². The number of anilines is 1. The van der Waals surface area contributed by atoms with Gasteiger partial charge in [-0.25, -0.2) is 4.98 Å². The van der Waals surface area contributed by atoms with Gasteiger partial charge in [0.05, 0.1) is 30.0 Å². The molecule has 0 spiro atoms. The Labute approximate surface area is 183 Å². The van der Waals surface area contributed by atoms with E-state index in [1.54, 1.807) is 13.3 Å². The van der Waals surface area contributed by atoms with Gasteiger partial charge in [0.2, 0.25) is 5.91 Å². The van der Waals surface area contributed by atoms with E-state index in [1.807, 2.05) is 29.6 Å². The van der Waals surface area contributed by atoms with Gasteiger partial charge >= 0.3 is 0 Å². The fourth-order valence-electron chi connectivity index (χ4n) is 4.52. The summed E-state index contributed by atoms with van der Waals surface area (Å²) in [6.45, 7) is 6.46. The van der Waals surface area contributed by atoms with Crippen LogP contribution in [0.5, 0.6) is 0 Å². The van der Waals surface area contributed by atoms with Crippen molar-refractivity contribution in [3.05, 3.63) is 29.1 Å². The lowest BCUT2D eigenvalue weighted by Gasteiger charge is -2.41. The molecule has 1 unspecified atom stereocenters. The number of piperazine rings is 1. The molecular weight excluding hydrogens is 392 g/mol. The molecule has 1 atom stereocenters. The van der Waals surface area contributed by atoms with E-state index in [0.29, 0.717) is 44.1 Å². The third-order valence-corrected chi connectivity index (χ3v) is 6.38. The first kappa shape index (κ1) is 21.3. The summed E-state index contributed by atoms with van der Waals surface area (Å²) < 4.78 is 6.90. The number of carbonyl (C=O) groups excluding carboxylic acids is 1. The van der Waals surface area contributed by atoms with E-state index in [1.165, 1.54) is 0 Å². The van der Waals surface area contributed by atoms with Gasteiger partial charge in [-0.15, -0.1) is 0 Å². The van der Waals surface area contributed by atoms with Crippen molar-refractivity contribution in [2.24, 2.45) is 7.05 Å². The molecular formula is C23H30N6O2. The lowest BCUT2D eigenvalue weighted by molar-refractivity contribution is -0.134. The van der Waals surface area contributed by atoms with Crippen molar-refractivity contribution >= 4 is 11.7 Å². The summed E-state index contributed by atoms with van der Waals surface area (Å²) in [5.41, 5.74) is 4.69. The SMILES string of the molecule is COCCC(=O)N1CCN(c2nc(C3CC3)c(-c3ccnn3C)c(C)c2C#N)CC1C. The Hall–Kier alpha value is -2.92. The molecule has 164 valence electrons. The second-order valence-electron chi connectivity index (χ2n) is 8.55. The molecule has 2 aromatic rings. The average molecular weight is 423 g/mol. The van der Waals surface area contributed by atoms with Crippen LogP contribution in [0, 0.1) is 18.3 Å². The van der Waals surface area contributed by atoms with Crippen molar-refractivity contribution in [1.82, 2.24) is 19.7 Å². The zero-order chi connectivity index (χ0) is 22.1. The first-order valence-corrected chi connectivity index (χ1v) is 10.9. The Kier molecular flexibility index (Phi) is 5.96. The Morgan fingerprint density at radius 3 is 2.71 bits per heavy atom. The van der Waals surface area contributed by atoms with E-state index in [9.17, 15) is 10.1 Å². The number of aryl methyl sites for hydroxylation is 1. The second kappa shape index (κ2) is 8.67. The summed E-state index contributed by atoms with van der Waals surface area (Å²) in [5.74, 6) is 1.30. The van der Waals surface area contributed by atoms with E-state index >= 15 is 0 Å². The maximum absolute atomic E-state index is 12.5. The topological polar surface area (TPSA) is 87.3 Å². The molecule has 1 aliphatic carbocycles. The van der Waals surface area contributed by atoms with Crippen LogP contribution < -0.4 is 4.90 Å². The zero-order valence-corrected chi connectivity index (χ0v) is 18.8. The van der Waals surface area contributed by atoms with E-state index < -0.39 is 0 Å². The van der Waals surface area contributed by atoms with E-state index in [2.05, 4.69) is 23.0 Å². The normalized spacial score (nSPS) is 18.9. The van der Waals surface area contributed by atoms with Gasteiger partial charge in [-0.05, 0) is 38.3 Å². The highest BCUT2D eigenvalue weighted by Gasteiger charge is 2.34. The quantitative estimate of drug-likeness (QED) is 0.711. The van der Waals surface area contributed by atoms with Crippen molar-refractivity contribution in [3.8, 4) is 17.3 Å². The molecule has 2 fully saturated rings. The van der Waals surface area contributed by atoms with Gasteiger partial charge in [0, 0.05) is 57.5 Å². The minimum atomic E-state index is 0.0490. The van der Waals surface area contributed by atoms with Crippen LogP contribution in [-0.2, 0) is 16.6 Å². The van der Waals surface area contributed by atoms with Crippen molar-refractivity contribution in [2.45, 2.75) is 45.1 Å². The van der Waals surface area contributed by atoms with Crippen molar-refractivity contribution < 1.29 is 9.53 Å². The molecule has 8 heteroatoms. The number of nitrogens with zero attached hydrogens (tertiary/aromatic N) is 6.